The lowest BCUT2D eigenvalue weighted by Gasteiger charge is -2.24. The lowest BCUT2D eigenvalue weighted by atomic mass is 10.3. The third kappa shape index (κ3) is 3.57. The highest BCUT2D eigenvalue weighted by Crippen LogP contribution is 2.12. The molecule has 1 fully saturated rings. The lowest BCUT2D eigenvalue weighted by molar-refractivity contribution is -0.130. The van der Waals surface area contributed by atoms with Crippen LogP contribution in [0.2, 0.25) is 0 Å². The van der Waals surface area contributed by atoms with Crippen LogP contribution in [-0.4, -0.2) is 73.5 Å². The fraction of sp³-hybridized carbons (Fsp3) is 0.900. The molecule has 18 heavy (non-hydrogen) atoms. The van der Waals surface area contributed by atoms with E-state index in [2.05, 4.69) is 0 Å². The molecule has 0 spiro atoms. The summed E-state index contributed by atoms with van der Waals surface area (Å²) in [5.41, 5.74) is 0. The maximum Gasteiger partial charge on any atom is 0.281 e. The van der Waals surface area contributed by atoms with Crippen molar-refractivity contribution in [1.29, 1.82) is 0 Å². The molecule has 1 atom stereocenters. The summed E-state index contributed by atoms with van der Waals surface area (Å²) in [4.78, 5) is 13.4. The van der Waals surface area contributed by atoms with Gasteiger partial charge in [-0.15, -0.1) is 11.6 Å². The molecule has 6 nitrogen and oxygen atoms in total. The molecule has 1 saturated heterocycles. The lowest BCUT2D eigenvalue weighted by Crippen LogP contribution is -2.43. The van der Waals surface area contributed by atoms with Crippen LogP contribution in [0.3, 0.4) is 0 Å². The summed E-state index contributed by atoms with van der Waals surface area (Å²) in [5.74, 6) is -0.138. The second-order valence-corrected chi connectivity index (χ2v) is 7.28. The highest BCUT2D eigenvalue weighted by atomic mass is 35.5. The van der Waals surface area contributed by atoms with Crippen molar-refractivity contribution >= 4 is 27.7 Å². The molecule has 0 aromatic carbocycles. The van der Waals surface area contributed by atoms with Gasteiger partial charge in [0.25, 0.3) is 10.2 Å². The standard InChI is InChI=1S/C10H20ClN3O3S/c1-9(11)10(15)13-5-4-6-14(8-7-13)18(16,17)12(2)3/h9H,4-8H2,1-3H3. The fourth-order valence-electron chi connectivity index (χ4n) is 1.83. The van der Waals surface area contributed by atoms with Crippen LogP contribution in [0.25, 0.3) is 0 Å². The zero-order valence-corrected chi connectivity index (χ0v) is 12.5. The van der Waals surface area contributed by atoms with Crippen molar-refractivity contribution in [3.8, 4) is 0 Å². The molecular weight excluding hydrogens is 278 g/mol. The minimum atomic E-state index is -3.40. The van der Waals surface area contributed by atoms with Crippen molar-refractivity contribution in [3.63, 3.8) is 0 Å². The molecule has 0 aromatic rings. The van der Waals surface area contributed by atoms with E-state index in [1.807, 2.05) is 0 Å². The Morgan fingerprint density at radius 2 is 1.83 bits per heavy atom. The Labute approximate surface area is 114 Å². The van der Waals surface area contributed by atoms with Crippen molar-refractivity contribution in [2.24, 2.45) is 0 Å². The second-order valence-electron chi connectivity index (χ2n) is 4.48. The Balaban J connectivity index is 2.71. The summed E-state index contributed by atoms with van der Waals surface area (Å²) >= 11 is 5.76. The molecule has 1 amide bonds. The molecule has 1 aliphatic heterocycles. The maximum atomic E-state index is 12.0. The monoisotopic (exact) mass is 297 g/mol. The molecule has 106 valence electrons. The van der Waals surface area contributed by atoms with Crippen molar-refractivity contribution in [2.45, 2.75) is 18.7 Å². The summed E-state index contributed by atoms with van der Waals surface area (Å²) in [6.45, 7) is 3.32. The molecule has 8 heteroatoms. The SMILES string of the molecule is CC(Cl)C(=O)N1CCCN(S(=O)(=O)N(C)C)CC1. The molecule has 1 rings (SSSR count). The summed E-state index contributed by atoms with van der Waals surface area (Å²) in [7, 11) is -0.389. The van der Waals surface area contributed by atoms with E-state index in [0.29, 0.717) is 32.6 Å². The average molecular weight is 298 g/mol. The average Bonchev–Trinajstić information content (AvgIpc) is 2.53. The number of hydrogen-bond acceptors (Lipinski definition) is 3. The van der Waals surface area contributed by atoms with Crippen molar-refractivity contribution < 1.29 is 13.2 Å². The van der Waals surface area contributed by atoms with Crippen molar-refractivity contribution in [3.05, 3.63) is 0 Å². The Hall–Kier alpha value is -0.370. The van der Waals surface area contributed by atoms with E-state index in [-0.39, 0.29) is 5.91 Å². The van der Waals surface area contributed by atoms with E-state index in [9.17, 15) is 13.2 Å². The molecule has 1 unspecified atom stereocenters. The molecular formula is C10H20ClN3O3S. The zero-order chi connectivity index (χ0) is 13.9. The molecule has 0 N–H and O–H groups in total. The highest BCUT2D eigenvalue weighted by molar-refractivity contribution is 7.86. The van der Waals surface area contributed by atoms with Gasteiger partial charge in [-0.2, -0.15) is 17.0 Å². The number of nitrogens with zero attached hydrogens (tertiary/aromatic N) is 3. The predicted molar refractivity (Wildman–Crippen MR) is 70.7 cm³/mol. The van der Waals surface area contributed by atoms with Gasteiger partial charge in [0.15, 0.2) is 0 Å². The van der Waals surface area contributed by atoms with E-state index < -0.39 is 15.6 Å². The van der Waals surface area contributed by atoms with E-state index >= 15 is 0 Å². The summed E-state index contributed by atoms with van der Waals surface area (Å²) in [6.07, 6.45) is 0.627. The highest BCUT2D eigenvalue weighted by Gasteiger charge is 2.29. The van der Waals surface area contributed by atoms with Crippen LogP contribution < -0.4 is 0 Å². The van der Waals surface area contributed by atoms with Gasteiger partial charge < -0.3 is 4.90 Å². The van der Waals surface area contributed by atoms with Crippen LogP contribution in [-0.2, 0) is 15.0 Å². The number of amides is 1. The van der Waals surface area contributed by atoms with E-state index in [1.54, 1.807) is 11.8 Å². The number of carbonyl (C=O) groups is 1. The van der Waals surface area contributed by atoms with Crippen molar-refractivity contribution in [2.75, 3.05) is 40.3 Å². The summed E-state index contributed by atoms with van der Waals surface area (Å²) < 4.78 is 26.5. The van der Waals surface area contributed by atoms with E-state index in [4.69, 9.17) is 11.6 Å². The topological polar surface area (TPSA) is 60.9 Å². The van der Waals surface area contributed by atoms with Crippen LogP contribution in [0.5, 0.6) is 0 Å². The van der Waals surface area contributed by atoms with Gasteiger partial charge in [-0.3, -0.25) is 4.79 Å². The van der Waals surface area contributed by atoms with Crippen LogP contribution in [0.15, 0.2) is 0 Å². The minimum absolute atomic E-state index is 0.138. The molecule has 0 aromatic heterocycles. The Morgan fingerprint density at radius 1 is 1.22 bits per heavy atom. The molecule has 0 bridgehead atoms. The first kappa shape index (κ1) is 15.7. The van der Waals surface area contributed by atoms with Crippen LogP contribution in [0.4, 0.5) is 0 Å². The van der Waals surface area contributed by atoms with Crippen molar-refractivity contribution in [1.82, 2.24) is 13.5 Å². The molecule has 0 aliphatic carbocycles. The normalized spacial score (nSPS) is 20.8. The van der Waals surface area contributed by atoms with E-state index in [1.165, 1.54) is 22.7 Å². The Bertz CT molecular complexity index is 397. The Morgan fingerprint density at radius 3 is 2.33 bits per heavy atom. The maximum absolute atomic E-state index is 12.0. The summed E-state index contributed by atoms with van der Waals surface area (Å²) in [5, 5.41) is -0.568. The largest absolute Gasteiger partial charge is 0.340 e. The second kappa shape index (κ2) is 6.18. The van der Waals surface area contributed by atoms with Crippen LogP contribution in [0.1, 0.15) is 13.3 Å². The number of carbonyl (C=O) groups excluding carboxylic acids is 1. The smallest absolute Gasteiger partial charge is 0.281 e. The van der Waals surface area contributed by atoms with Gasteiger partial charge in [0.05, 0.1) is 0 Å². The number of alkyl halides is 1. The minimum Gasteiger partial charge on any atom is -0.340 e. The first-order valence-electron chi connectivity index (χ1n) is 5.87. The predicted octanol–water partition coefficient (Wildman–Crippen LogP) is -0.0456. The third-order valence-corrected chi connectivity index (χ3v) is 5.02. The molecule has 1 aliphatic rings. The van der Waals surface area contributed by atoms with Gasteiger partial charge in [-0.1, -0.05) is 0 Å². The number of hydrogen-bond donors (Lipinski definition) is 0. The van der Waals surface area contributed by atoms with Crippen LogP contribution in [0, 0.1) is 0 Å². The number of rotatable bonds is 3. The first-order valence-corrected chi connectivity index (χ1v) is 7.70. The first-order chi connectivity index (χ1) is 8.26. The van der Waals surface area contributed by atoms with E-state index in [0.717, 1.165) is 0 Å². The quantitative estimate of drug-likeness (QED) is 0.687. The fourth-order valence-corrected chi connectivity index (χ4v) is 3.10. The van der Waals surface area contributed by atoms with Gasteiger partial charge in [-0.25, -0.2) is 0 Å². The van der Waals surface area contributed by atoms with Gasteiger partial charge in [-0.05, 0) is 13.3 Å². The molecule has 0 radical (unpaired) electrons. The summed E-state index contributed by atoms with van der Waals surface area (Å²) in [6, 6.07) is 0. The van der Waals surface area contributed by atoms with Gasteiger partial charge in [0, 0.05) is 40.3 Å². The van der Waals surface area contributed by atoms with Gasteiger partial charge in [0.1, 0.15) is 5.38 Å². The molecule has 0 saturated carbocycles. The van der Waals surface area contributed by atoms with Gasteiger partial charge >= 0.3 is 0 Å². The van der Waals surface area contributed by atoms with Gasteiger partial charge in [0.2, 0.25) is 5.91 Å². The zero-order valence-electron chi connectivity index (χ0n) is 11.0. The van der Waals surface area contributed by atoms with Crippen LogP contribution >= 0.6 is 11.6 Å². The number of halogens is 1. The third-order valence-electron chi connectivity index (χ3n) is 2.89. The Kier molecular flexibility index (Phi) is 5.39. The molecule has 1 heterocycles.